The monoisotopic (exact) mass is 563 g/mol. The molecule has 10 nitrogen and oxygen atoms in total. The summed E-state index contributed by atoms with van der Waals surface area (Å²) in [5.74, 6) is -0.813. The Morgan fingerprint density at radius 1 is 1.10 bits per heavy atom. The van der Waals surface area contributed by atoms with Gasteiger partial charge in [0.05, 0.1) is 0 Å². The van der Waals surface area contributed by atoms with E-state index in [0.29, 0.717) is 53.7 Å². The summed E-state index contributed by atoms with van der Waals surface area (Å²) in [6.07, 6.45) is 1.79. The predicted octanol–water partition coefficient (Wildman–Crippen LogP) is 2.95. The first kappa shape index (κ1) is 27.3. The number of fused-ring (bicyclic) bond motifs is 2. The highest BCUT2D eigenvalue weighted by Gasteiger charge is 2.43. The average Bonchev–Trinajstić information content (AvgIpc) is 3.56. The van der Waals surface area contributed by atoms with E-state index in [1.165, 1.54) is 4.90 Å². The van der Waals surface area contributed by atoms with Crippen molar-refractivity contribution in [3.8, 4) is 11.3 Å². The van der Waals surface area contributed by atoms with E-state index >= 15 is 4.39 Å². The number of carbonyl (C=O) groups excluding carboxylic acids is 4. The van der Waals surface area contributed by atoms with Crippen LogP contribution in [0.25, 0.3) is 11.3 Å². The molecule has 4 aliphatic rings. The van der Waals surface area contributed by atoms with Gasteiger partial charge in [-0.15, -0.1) is 0 Å². The lowest BCUT2D eigenvalue weighted by Gasteiger charge is -2.29. The minimum Gasteiger partial charge on any atom is -0.444 e. The Balaban J connectivity index is 1.12. The number of likely N-dealkylation sites (tertiary alicyclic amines) is 2. The molecule has 216 valence electrons. The predicted molar refractivity (Wildman–Crippen MR) is 146 cm³/mol. The first-order valence-electron chi connectivity index (χ1n) is 14.1. The van der Waals surface area contributed by atoms with Gasteiger partial charge < -0.3 is 14.5 Å². The third kappa shape index (κ3) is 5.30. The van der Waals surface area contributed by atoms with Gasteiger partial charge in [0.25, 0.3) is 5.91 Å². The SMILES string of the molecule is CC(C)(C)OC(=O)N1C[C@@H]2CN(Cc3ccnc(-c4ccc5c(c4)CN([C@H]4CCC(=O)NC4=O)C5=O)c3F)C[C@H]2C1. The number of halogens is 1. The van der Waals surface area contributed by atoms with Crippen LogP contribution in [0.3, 0.4) is 0 Å². The molecule has 3 fully saturated rings. The number of nitrogens with zero attached hydrogens (tertiary/aromatic N) is 4. The number of aromatic nitrogens is 1. The molecular formula is C30H34FN5O5. The quantitative estimate of drug-likeness (QED) is 0.570. The average molecular weight is 564 g/mol. The molecule has 2 aromatic rings. The third-order valence-corrected chi connectivity index (χ3v) is 8.37. The van der Waals surface area contributed by atoms with Crippen molar-refractivity contribution in [2.24, 2.45) is 11.8 Å². The summed E-state index contributed by atoms with van der Waals surface area (Å²) in [5.41, 5.74) is 1.96. The fraction of sp³-hybridized carbons (Fsp3) is 0.500. The van der Waals surface area contributed by atoms with Crippen LogP contribution in [0.15, 0.2) is 30.5 Å². The molecule has 0 spiro atoms. The Kier molecular flexibility index (Phi) is 6.80. The van der Waals surface area contributed by atoms with Crippen LogP contribution in [0.2, 0.25) is 0 Å². The Morgan fingerprint density at radius 2 is 1.83 bits per heavy atom. The lowest BCUT2D eigenvalue weighted by Crippen LogP contribution is -2.52. The summed E-state index contributed by atoms with van der Waals surface area (Å²) in [4.78, 5) is 59.2. The normalized spacial score (nSPS) is 24.5. The second-order valence-corrected chi connectivity index (χ2v) is 12.5. The van der Waals surface area contributed by atoms with Gasteiger partial charge in [0.15, 0.2) is 5.82 Å². The molecule has 0 radical (unpaired) electrons. The Morgan fingerprint density at radius 3 is 2.51 bits per heavy atom. The van der Waals surface area contributed by atoms with Crippen molar-refractivity contribution in [3.63, 3.8) is 0 Å². The standard InChI is InChI=1S/C30H34FN5O5/c1-30(2,3)41-29(40)35-14-20-12-34(13-21(20)15-35)11-18-8-9-32-26(25(18)31)17-4-5-22-19(10-17)16-36(28(22)39)23-6-7-24(37)33-27(23)38/h4-5,8-10,20-21,23H,6-7,11-16H2,1-3H3,(H,33,37,38)/t20-,21-,23-/m0/s1. The zero-order valence-corrected chi connectivity index (χ0v) is 23.5. The molecule has 5 heterocycles. The summed E-state index contributed by atoms with van der Waals surface area (Å²) in [6.45, 7) is 9.07. The van der Waals surface area contributed by atoms with Crippen molar-refractivity contribution in [1.29, 1.82) is 0 Å². The van der Waals surface area contributed by atoms with Crippen LogP contribution in [-0.4, -0.2) is 81.3 Å². The Bertz CT molecular complexity index is 1420. The van der Waals surface area contributed by atoms with Gasteiger partial charge in [-0.25, -0.2) is 9.18 Å². The first-order chi connectivity index (χ1) is 19.5. The van der Waals surface area contributed by atoms with Crippen molar-refractivity contribution in [2.75, 3.05) is 26.2 Å². The number of ether oxygens (including phenoxy) is 1. The lowest BCUT2D eigenvalue weighted by molar-refractivity contribution is -0.136. The van der Waals surface area contributed by atoms with Crippen LogP contribution < -0.4 is 5.32 Å². The number of rotatable bonds is 4. The number of pyridine rings is 1. The fourth-order valence-corrected chi connectivity index (χ4v) is 6.46. The molecule has 3 atom stereocenters. The molecule has 4 amide bonds. The number of hydrogen-bond donors (Lipinski definition) is 1. The summed E-state index contributed by atoms with van der Waals surface area (Å²) >= 11 is 0. The van der Waals surface area contributed by atoms with Crippen LogP contribution in [0.5, 0.6) is 0 Å². The van der Waals surface area contributed by atoms with Gasteiger partial charge in [-0.3, -0.25) is 29.6 Å². The smallest absolute Gasteiger partial charge is 0.410 e. The van der Waals surface area contributed by atoms with Gasteiger partial charge in [-0.1, -0.05) is 6.07 Å². The molecule has 6 rings (SSSR count). The summed E-state index contributed by atoms with van der Waals surface area (Å²) in [6, 6.07) is 6.10. The maximum absolute atomic E-state index is 15.8. The van der Waals surface area contributed by atoms with Gasteiger partial charge >= 0.3 is 6.09 Å². The molecule has 41 heavy (non-hydrogen) atoms. The molecule has 4 aliphatic heterocycles. The van der Waals surface area contributed by atoms with E-state index in [-0.39, 0.29) is 43.0 Å². The zero-order chi connectivity index (χ0) is 29.1. The number of piperidine rings is 1. The van der Waals surface area contributed by atoms with E-state index < -0.39 is 23.4 Å². The van der Waals surface area contributed by atoms with Crippen molar-refractivity contribution in [2.45, 2.75) is 58.3 Å². The van der Waals surface area contributed by atoms with Gasteiger partial charge in [-0.05, 0) is 62.8 Å². The number of imide groups is 1. The van der Waals surface area contributed by atoms with Crippen LogP contribution in [0.1, 0.15) is 55.1 Å². The molecule has 11 heteroatoms. The third-order valence-electron chi connectivity index (χ3n) is 8.37. The number of hydrogen-bond acceptors (Lipinski definition) is 7. The Hall–Kier alpha value is -3.86. The van der Waals surface area contributed by atoms with Crippen molar-refractivity contribution >= 4 is 23.8 Å². The molecule has 1 aromatic heterocycles. The maximum Gasteiger partial charge on any atom is 0.410 e. The first-order valence-corrected chi connectivity index (χ1v) is 14.1. The van der Waals surface area contributed by atoms with Crippen LogP contribution in [0, 0.1) is 17.7 Å². The number of amides is 4. The molecule has 3 saturated heterocycles. The molecule has 0 saturated carbocycles. The van der Waals surface area contributed by atoms with E-state index in [4.69, 9.17) is 4.74 Å². The second-order valence-electron chi connectivity index (χ2n) is 12.5. The highest BCUT2D eigenvalue weighted by atomic mass is 19.1. The van der Waals surface area contributed by atoms with E-state index in [0.717, 1.165) is 13.1 Å². The fourth-order valence-electron chi connectivity index (χ4n) is 6.46. The van der Waals surface area contributed by atoms with Crippen LogP contribution in [0.4, 0.5) is 9.18 Å². The number of benzene rings is 1. The minimum atomic E-state index is -0.703. The summed E-state index contributed by atoms with van der Waals surface area (Å²) in [5, 5.41) is 2.30. The van der Waals surface area contributed by atoms with Gasteiger partial charge in [0.2, 0.25) is 11.8 Å². The van der Waals surface area contributed by atoms with Gasteiger partial charge in [0, 0.05) is 68.6 Å². The van der Waals surface area contributed by atoms with Crippen LogP contribution in [-0.2, 0) is 27.4 Å². The number of carbonyl (C=O) groups is 4. The molecule has 1 aromatic carbocycles. The highest BCUT2D eigenvalue weighted by Crippen LogP contribution is 2.35. The van der Waals surface area contributed by atoms with Gasteiger partial charge in [-0.2, -0.15) is 0 Å². The summed E-state index contributed by atoms with van der Waals surface area (Å²) in [7, 11) is 0. The Labute approximate surface area is 237 Å². The topological polar surface area (TPSA) is 112 Å². The molecule has 0 aliphatic carbocycles. The summed E-state index contributed by atoms with van der Waals surface area (Å²) < 4.78 is 21.3. The van der Waals surface area contributed by atoms with E-state index in [1.54, 1.807) is 35.4 Å². The molecule has 0 bridgehead atoms. The highest BCUT2D eigenvalue weighted by molar-refractivity contribution is 6.05. The molecule has 0 unspecified atom stereocenters. The van der Waals surface area contributed by atoms with Crippen molar-refractivity contribution in [1.82, 2.24) is 25.0 Å². The second kappa shape index (κ2) is 10.2. The molecule has 1 N–H and O–H groups in total. The van der Waals surface area contributed by atoms with Gasteiger partial charge in [0.1, 0.15) is 17.3 Å². The maximum atomic E-state index is 15.8. The van der Waals surface area contributed by atoms with E-state index in [2.05, 4.69) is 15.2 Å². The van der Waals surface area contributed by atoms with Crippen molar-refractivity contribution < 1.29 is 28.3 Å². The zero-order valence-electron chi connectivity index (χ0n) is 23.5. The number of nitrogens with one attached hydrogen (secondary N) is 1. The molecular weight excluding hydrogens is 529 g/mol. The van der Waals surface area contributed by atoms with E-state index in [9.17, 15) is 19.2 Å². The van der Waals surface area contributed by atoms with Crippen molar-refractivity contribution in [3.05, 3.63) is 53.0 Å². The largest absolute Gasteiger partial charge is 0.444 e. The minimum absolute atomic E-state index is 0.185. The van der Waals surface area contributed by atoms with Crippen LogP contribution >= 0.6 is 0 Å². The van der Waals surface area contributed by atoms with E-state index in [1.807, 2.05) is 20.8 Å². The lowest BCUT2D eigenvalue weighted by atomic mass is 10.0.